The molecule has 1 aromatic carbocycles. The predicted octanol–water partition coefficient (Wildman–Crippen LogP) is 1.09. The number of hydrogen-bond donors (Lipinski definition) is 3. The minimum absolute atomic E-state index is 0.0841. The van der Waals surface area contributed by atoms with Crippen molar-refractivity contribution in [2.45, 2.75) is 25.5 Å². The largest absolute Gasteiger partial charge is 0.465 e. The van der Waals surface area contributed by atoms with Gasteiger partial charge in [0.15, 0.2) is 0 Å². The number of carbonyl (C=O) groups is 1. The summed E-state index contributed by atoms with van der Waals surface area (Å²) in [5, 5.41) is 38.0. The zero-order valence-electron chi connectivity index (χ0n) is 14.0. The molecule has 1 heterocycles. The van der Waals surface area contributed by atoms with Crippen LogP contribution in [0.2, 0.25) is 0 Å². The lowest BCUT2D eigenvalue weighted by atomic mass is 9.97. The highest BCUT2D eigenvalue weighted by Crippen LogP contribution is 2.25. The molecular formula is C17H22FN3O4. The maximum Gasteiger partial charge on any atom is 0.407 e. The summed E-state index contributed by atoms with van der Waals surface area (Å²) in [5.74, 6) is -0.621. The minimum atomic E-state index is -1.00. The molecule has 2 rings (SSSR count). The number of aliphatic hydroxyl groups is 2. The predicted molar refractivity (Wildman–Crippen MR) is 87.5 cm³/mol. The third-order valence-corrected chi connectivity index (χ3v) is 4.67. The Hall–Kier alpha value is -2.21. The first-order valence-electron chi connectivity index (χ1n) is 8.09. The number of β-amino-alcohol motifs (C(OH)–C–C–N with tert-alkyl or cyclic N) is 1. The molecule has 1 aromatic rings. The first-order chi connectivity index (χ1) is 11.9. The molecule has 1 aliphatic heterocycles. The van der Waals surface area contributed by atoms with Crippen LogP contribution in [0.5, 0.6) is 0 Å². The quantitative estimate of drug-likeness (QED) is 0.733. The van der Waals surface area contributed by atoms with Crippen LogP contribution >= 0.6 is 0 Å². The van der Waals surface area contributed by atoms with Crippen molar-refractivity contribution in [2.75, 3.05) is 32.8 Å². The molecule has 1 aliphatic rings. The van der Waals surface area contributed by atoms with E-state index in [0.29, 0.717) is 30.6 Å². The monoisotopic (exact) mass is 351 g/mol. The zero-order chi connectivity index (χ0) is 18.6. The fraction of sp³-hybridized carbons (Fsp3) is 0.529. The van der Waals surface area contributed by atoms with Gasteiger partial charge in [0.05, 0.1) is 11.7 Å². The first kappa shape index (κ1) is 19.1. The third-order valence-electron chi connectivity index (χ3n) is 4.67. The number of benzene rings is 1. The standard InChI is InChI=1S/C17H22FN3O4/c1-11-13(2-3-15(18)14(11)8-19)16(23)10-20-5-6-21(17(24)25)9-12(20)4-7-22/h2-3,12,16,22-23H,4-7,9-10H2,1H3,(H,24,25). The molecule has 1 amide bonds. The number of carboxylic acid groups (broad SMARTS) is 1. The molecule has 0 bridgehead atoms. The van der Waals surface area contributed by atoms with E-state index in [9.17, 15) is 19.4 Å². The number of nitrogens with zero attached hydrogens (tertiary/aromatic N) is 3. The Bertz CT molecular complexity index is 677. The number of piperazine rings is 1. The molecule has 1 saturated heterocycles. The van der Waals surface area contributed by atoms with Crippen LogP contribution in [0.3, 0.4) is 0 Å². The Balaban J connectivity index is 2.15. The van der Waals surface area contributed by atoms with Crippen LogP contribution in [-0.4, -0.2) is 70.0 Å². The van der Waals surface area contributed by atoms with Gasteiger partial charge >= 0.3 is 6.09 Å². The Morgan fingerprint density at radius 1 is 1.48 bits per heavy atom. The molecule has 8 heteroatoms. The van der Waals surface area contributed by atoms with E-state index in [-0.39, 0.29) is 31.3 Å². The van der Waals surface area contributed by atoms with Crippen LogP contribution in [0.15, 0.2) is 12.1 Å². The highest BCUT2D eigenvalue weighted by atomic mass is 19.1. The fourth-order valence-electron chi connectivity index (χ4n) is 3.24. The van der Waals surface area contributed by atoms with Gasteiger partial charge in [0.2, 0.25) is 0 Å². The Morgan fingerprint density at radius 3 is 2.80 bits per heavy atom. The average Bonchev–Trinajstić information content (AvgIpc) is 2.56. The number of rotatable bonds is 5. The fourth-order valence-corrected chi connectivity index (χ4v) is 3.24. The number of halogens is 1. The van der Waals surface area contributed by atoms with E-state index in [1.807, 2.05) is 4.90 Å². The second-order valence-corrected chi connectivity index (χ2v) is 6.15. The van der Waals surface area contributed by atoms with Gasteiger partial charge in [-0.25, -0.2) is 9.18 Å². The molecule has 3 N–H and O–H groups in total. The van der Waals surface area contributed by atoms with Crippen molar-refractivity contribution in [1.82, 2.24) is 9.80 Å². The van der Waals surface area contributed by atoms with Crippen LogP contribution in [0.4, 0.5) is 9.18 Å². The van der Waals surface area contributed by atoms with Gasteiger partial charge in [0.25, 0.3) is 0 Å². The molecule has 2 unspecified atom stereocenters. The second-order valence-electron chi connectivity index (χ2n) is 6.15. The molecule has 0 spiro atoms. The summed E-state index contributed by atoms with van der Waals surface area (Å²) in [5.41, 5.74) is 0.790. The van der Waals surface area contributed by atoms with Crippen LogP contribution in [0, 0.1) is 24.1 Å². The van der Waals surface area contributed by atoms with Gasteiger partial charge < -0.3 is 20.2 Å². The van der Waals surface area contributed by atoms with Gasteiger partial charge in [-0.15, -0.1) is 0 Å². The van der Waals surface area contributed by atoms with Crippen molar-refractivity contribution in [3.63, 3.8) is 0 Å². The summed E-state index contributed by atoms with van der Waals surface area (Å²) in [4.78, 5) is 14.3. The molecule has 0 radical (unpaired) electrons. The highest BCUT2D eigenvalue weighted by Gasteiger charge is 2.31. The van der Waals surface area contributed by atoms with Crippen molar-refractivity contribution in [2.24, 2.45) is 0 Å². The second kappa shape index (κ2) is 8.25. The van der Waals surface area contributed by atoms with Gasteiger partial charge in [0.1, 0.15) is 11.9 Å². The summed E-state index contributed by atoms with van der Waals surface area (Å²) < 4.78 is 13.6. The number of hydrogen-bond acceptors (Lipinski definition) is 5. The van der Waals surface area contributed by atoms with E-state index in [0.717, 1.165) is 6.07 Å². The van der Waals surface area contributed by atoms with Crippen molar-refractivity contribution in [3.8, 4) is 6.07 Å². The van der Waals surface area contributed by atoms with Crippen molar-refractivity contribution < 1.29 is 24.5 Å². The SMILES string of the molecule is Cc1c(C(O)CN2CCN(C(=O)O)CC2CCO)ccc(F)c1C#N. The van der Waals surface area contributed by atoms with E-state index in [1.165, 1.54) is 11.0 Å². The van der Waals surface area contributed by atoms with Crippen molar-refractivity contribution >= 4 is 6.09 Å². The van der Waals surface area contributed by atoms with Crippen LogP contribution in [-0.2, 0) is 0 Å². The van der Waals surface area contributed by atoms with E-state index < -0.39 is 18.0 Å². The van der Waals surface area contributed by atoms with Crippen LogP contribution in [0.25, 0.3) is 0 Å². The molecule has 0 aromatic heterocycles. The summed E-state index contributed by atoms with van der Waals surface area (Å²) in [6.45, 7) is 2.73. The molecule has 0 saturated carbocycles. The van der Waals surface area contributed by atoms with Crippen LogP contribution < -0.4 is 0 Å². The highest BCUT2D eigenvalue weighted by molar-refractivity contribution is 5.65. The molecule has 0 aliphatic carbocycles. The van der Waals surface area contributed by atoms with Gasteiger partial charge in [-0.05, 0) is 30.5 Å². The van der Waals surface area contributed by atoms with E-state index >= 15 is 0 Å². The van der Waals surface area contributed by atoms with Gasteiger partial charge in [-0.3, -0.25) is 4.90 Å². The molecule has 7 nitrogen and oxygen atoms in total. The maximum atomic E-state index is 13.6. The van der Waals surface area contributed by atoms with Crippen molar-refractivity contribution in [1.29, 1.82) is 5.26 Å². The van der Waals surface area contributed by atoms with Gasteiger partial charge in [-0.1, -0.05) is 6.07 Å². The summed E-state index contributed by atoms with van der Waals surface area (Å²) in [6.07, 6.45) is -1.55. The minimum Gasteiger partial charge on any atom is -0.465 e. The third kappa shape index (κ3) is 4.25. The van der Waals surface area contributed by atoms with Crippen molar-refractivity contribution in [3.05, 3.63) is 34.6 Å². The van der Waals surface area contributed by atoms with E-state index in [4.69, 9.17) is 10.4 Å². The Morgan fingerprint density at radius 2 is 2.20 bits per heavy atom. The molecule has 1 fully saturated rings. The lowest BCUT2D eigenvalue weighted by molar-refractivity contribution is 0.0251. The number of aliphatic hydroxyl groups excluding tert-OH is 2. The van der Waals surface area contributed by atoms with Gasteiger partial charge in [0, 0.05) is 38.8 Å². The summed E-state index contributed by atoms with van der Waals surface area (Å²) in [7, 11) is 0. The first-order valence-corrected chi connectivity index (χ1v) is 8.09. The topological polar surface area (TPSA) is 108 Å². The normalized spacial score (nSPS) is 19.5. The lowest BCUT2D eigenvalue weighted by Crippen LogP contribution is -2.55. The van der Waals surface area contributed by atoms with Gasteiger partial charge in [-0.2, -0.15) is 5.26 Å². The smallest absolute Gasteiger partial charge is 0.407 e. The summed E-state index contributed by atoms with van der Waals surface area (Å²) >= 11 is 0. The zero-order valence-corrected chi connectivity index (χ0v) is 14.0. The molecule has 136 valence electrons. The molecule has 25 heavy (non-hydrogen) atoms. The van der Waals surface area contributed by atoms with E-state index in [2.05, 4.69) is 0 Å². The number of amides is 1. The van der Waals surface area contributed by atoms with E-state index in [1.54, 1.807) is 13.0 Å². The molecule has 2 atom stereocenters. The maximum absolute atomic E-state index is 13.6. The van der Waals surface area contributed by atoms with Crippen LogP contribution in [0.1, 0.15) is 29.2 Å². The number of nitriles is 1. The summed E-state index contributed by atoms with van der Waals surface area (Å²) in [6, 6.07) is 4.22. The molecular weight excluding hydrogens is 329 g/mol. The Kier molecular flexibility index (Phi) is 6.31. The Labute approximate surface area is 145 Å². The average molecular weight is 351 g/mol. The lowest BCUT2D eigenvalue weighted by Gasteiger charge is -2.41.